The van der Waals surface area contributed by atoms with Crippen LogP contribution in [0.1, 0.15) is 39.2 Å². The number of esters is 1. The van der Waals surface area contributed by atoms with Crippen molar-refractivity contribution in [2.24, 2.45) is 0 Å². The summed E-state index contributed by atoms with van der Waals surface area (Å²) in [6.07, 6.45) is -4.80. The van der Waals surface area contributed by atoms with Gasteiger partial charge in [0.15, 0.2) is 6.61 Å². The second kappa shape index (κ2) is 9.95. The molecule has 0 heterocycles. The van der Waals surface area contributed by atoms with Crippen LogP contribution in [-0.4, -0.2) is 36.7 Å². The normalized spacial score (nSPS) is 11.5. The molecule has 0 aliphatic rings. The van der Waals surface area contributed by atoms with Gasteiger partial charge in [0.25, 0.3) is 5.91 Å². The van der Waals surface area contributed by atoms with Crippen molar-refractivity contribution in [2.75, 3.05) is 18.5 Å². The second-order valence-corrected chi connectivity index (χ2v) is 6.82. The highest BCUT2D eigenvalue weighted by Gasteiger charge is 2.30. The van der Waals surface area contributed by atoms with Crippen molar-refractivity contribution in [1.82, 2.24) is 5.32 Å². The number of alkyl carbamates (subject to hydrolysis) is 1. The third kappa shape index (κ3) is 9.79. The number of carbonyl (C=O) groups excluding carboxylic acids is 3. The highest BCUT2D eigenvalue weighted by Crippen LogP contribution is 2.29. The first-order valence-electron chi connectivity index (χ1n) is 8.46. The molecule has 28 heavy (non-hydrogen) atoms. The third-order valence-electron chi connectivity index (χ3n) is 3.09. The lowest BCUT2D eigenvalue weighted by Crippen LogP contribution is -2.33. The van der Waals surface area contributed by atoms with Gasteiger partial charge < -0.3 is 20.1 Å². The van der Waals surface area contributed by atoms with Gasteiger partial charge in [0, 0.05) is 18.7 Å². The van der Waals surface area contributed by atoms with E-state index in [1.165, 1.54) is 0 Å². The van der Waals surface area contributed by atoms with Crippen molar-refractivity contribution >= 4 is 23.7 Å². The molecule has 1 rings (SSSR count). The van der Waals surface area contributed by atoms with E-state index in [0.29, 0.717) is 6.42 Å². The Balaban J connectivity index is 2.24. The van der Waals surface area contributed by atoms with Crippen LogP contribution < -0.4 is 10.6 Å². The molecular weight excluding hydrogens is 381 g/mol. The molecule has 0 atom stereocenters. The summed E-state index contributed by atoms with van der Waals surface area (Å²) in [6.45, 7) is 4.79. The molecule has 0 spiro atoms. The number of anilines is 1. The minimum Gasteiger partial charge on any atom is -0.456 e. The van der Waals surface area contributed by atoms with Crippen LogP contribution in [0.2, 0.25) is 0 Å². The standard InChI is InChI=1S/C18H23F3N2O5/c1-17(2,3)28-16(26)22-10-4-5-15(25)27-11-14(24)23-13-8-6-12(7-9-13)18(19,20)21/h6-9H,4-5,10-11H2,1-3H3,(H,22,26)(H,23,24). The summed E-state index contributed by atoms with van der Waals surface area (Å²) in [7, 11) is 0. The summed E-state index contributed by atoms with van der Waals surface area (Å²) in [5.74, 6) is -1.33. The van der Waals surface area contributed by atoms with Gasteiger partial charge in [-0.3, -0.25) is 9.59 Å². The molecule has 156 valence electrons. The van der Waals surface area contributed by atoms with Crippen molar-refractivity contribution < 1.29 is 37.0 Å². The Morgan fingerprint density at radius 2 is 1.64 bits per heavy atom. The lowest BCUT2D eigenvalue weighted by Gasteiger charge is -2.19. The molecule has 0 unspecified atom stereocenters. The number of ether oxygens (including phenoxy) is 2. The quantitative estimate of drug-likeness (QED) is 0.536. The fourth-order valence-electron chi connectivity index (χ4n) is 1.90. The van der Waals surface area contributed by atoms with Gasteiger partial charge in [0.05, 0.1) is 5.56 Å². The Bertz CT molecular complexity index is 682. The molecule has 0 fully saturated rings. The predicted octanol–water partition coefficient (Wildman–Crippen LogP) is 3.49. The first-order chi connectivity index (χ1) is 12.9. The van der Waals surface area contributed by atoms with Crippen molar-refractivity contribution in [3.8, 4) is 0 Å². The van der Waals surface area contributed by atoms with E-state index in [1.54, 1.807) is 20.8 Å². The van der Waals surface area contributed by atoms with E-state index in [9.17, 15) is 27.6 Å². The number of hydrogen-bond donors (Lipinski definition) is 2. The smallest absolute Gasteiger partial charge is 0.416 e. The SMILES string of the molecule is CC(C)(C)OC(=O)NCCCC(=O)OCC(=O)Nc1ccc(C(F)(F)F)cc1. The molecule has 7 nitrogen and oxygen atoms in total. The van der Waals surface area contributed by atoms with Gasteiger partial charge in [-0.25, -0.2) is 4.79 Å². The summed E-state index contributed by atoms with van der Waals surface area (Å²) in [5, 5.41) is 4.80. The molecule has 0 bridgehead atoms. The lowest BCUT2D eigenvalue weighted by molar-refractivity contribution is -0.147. The van der Waals surface area contributed by atoms with Crippen LogP contribution in [0.3, 0.4) is 0 Å². The van der Waals surface area contributed by atoms with E-state index < -0.39 is 41.9 Å². The van der Waals surface area contributed by atoms with Crippen LogP contribution in [0, 0.1) is 0 Å². The Labute approximate surface area is 160 Å². The van der Waals surface area contributed by atoms with E-state index in [-0.39, 0.29) is 18.7 Å². The monoisotopic (exact) mass is 404 g/mol. The second-order valence-electron chi connectivity index (χ2n) is 6.82. The van der Waals surface area contributed by atoms with E-state index in [1.807, 2.05) is 0 Å². The Hall–Kier alpha value is -2.78. The number of nitrogens with one attached hydrogen (secondary N) is 2. The first kappa shape index (κ1) is 23.3. The fourth-order valence-corrected chi connectivity index (χ4v) is 1.90. The van der Waals surface area contributed by atoms with Crippen LogP contribution in [0.5, 0.6) is 0 Å². The predicted molar refractivity (Wildman–Crippen MR) is 94.5 cm³/mol. The average molecular weight is 404 g/mol. The van der Waals surface area contributed by atoms with Gasteiger partial charge >= 0.3 is 18.2 Å². The molecule has 0 saturated carbocycles. The van der Waals surface area contributed by atoms with E-state index in [4.69, 9.17) is 9.47 Å². The van der Waals surface area contributed by atoms with Crippen molar-refractivity contribution in [3.05, 3.63) is 29.8 Å². The Morgan fingerprint density at radius 1 is 1.04 bits per heavy atom. The number of hydrogen-bond acceptors (Lipinski definition) is 5. The van der Waals surface area contributed by atoms with E-state index in [2.05, 4.69) is 10.6 Å². The molecule has 0 aliphatic heterocycles. The van der Waals surface area contributed by atoms with Gasteiger partial charge in [-0.1, -0.05) is 0 Å². The number of alkyl halides is 3. The molecular formula is C18H23F3N2O5. The van der Waals surface area contributed by atoms with Gasteiger partial charge in [-0.15, -0.1) is 0 Å². The molecule has 0 saturated heterocycles. The van der Waals surface area contributed by atoms with Gasteiger partial charge in [0.2, 0.25) is 0 Å². The van der Waals surface area contributed by atoms with Crippen molar-refractivity contribution in [3.63, 3.8) is 0 Å². The van der Waals surface area contributed by atoms with Crippen LogP contribution in [0.15, 0.2) is 24.3 Å². The minimum absolute atomic E-state index is 0.0244. The van der Waals surface area contributed by atoms with Crippen LogP contribution >= 0.6 is 0 Å². The zero-order valence-electron chi connectivity index (χ0n) is 15.8. The molecule has 1 aromatic rings. The highest BCUT2D eigenvalue weighted by molar-refractivity contribution is 5.92. The average Bonchev–Trinajstić information content (AvgIpc) is 2.55. The fraction of sp³-hybridized carbons (Fsp3) is 0.500. The zero-order valence-corrected chi connectivity index (χ0v) is 15.8. The molecule has 1 aromatic carbocycles. The summed E-state index contributed by atoms with van der Waals surface area (Å²) >= 11 is 0. The molecule has 2 amide bonds. The van der Waals surface area contributed by atoms with Crippen LogP contribution in [0.4, 0.5) is 23.7 Å². The van der Waals surface area contributed by atoms with Crippen molar-refractivity contribution in [1.29, 1.82) is 0 Å². The van der Waals surface area contributed by atoms with E-state index >= 15 is 0 Å². The highest BCUT2D eigenvalue weighted by atomic mass is 19.4. The number of rotatable bonds is 7. The number of halogens is 3. The molecule has 0 radical (unpaired) electrons. The maximum Gasteiger partial charge on any atom is 0.416 e. The minimum atomic E-state index is -4.46. The summed E-state index contributed by atoms with van der Waals surface area (Å²) < 4.78 is 47.2. The number of carbonyl (C=O) groups is 3. The molecule has 10 heteroatoms. The topological polar surface area (TPSA) is 93.7 Å². The summed E-state index contributed by atoms with van der Waals surface area (Å²) in [6, 6.07) is 3.87. The molecule has 2 N–H and O–H groups in total. The largest absolute Gasteiger partial charge is 0.456 e. The lowest BCUT2D eigenvalue weighted by atomic mass is 10.2. The van der Waals surface area contributed by atoms with Crippen molar-refractivity contribution in [2.45, 2.75) is 45.4 Å². The third-order valence-corrected chi connectivity index (χ3v) is 3.09. The zero-order chi connectivity index (χ0) is 21.4. The maximum absolute atomic E-state index is 12.5. The van der Waals surface area contributed by atoms with Gasteiger partial charge in [0.1, 0.15) is 5.60 Å². The van der Waals surface area contributed by atoms with E-state index in [0.717, 1.165) is 24.3 Å². The number of benzene rings is 1. The molecule has 0 aromatic heterocycles. The Kier molecular flexibility index (Phi) is 8.27. The maximum atomic E-state index is 12.5. The van der Waals surface area contributed by atoms with Crippen LogP contribution in [-0.2, 0) is 25.2 Å². The van der Waals surface area contributed by atoms with Gasteiger partial charge in [-0.2, -0.15) is 13.2 Å². The van der Waals surface area contributed by atoms with Crippen LogP contribution in [0.25, 0.3) is 0 Å². The summed E-state index contributed by atoms with van der Waals surface area (Å²) in [5.41, 5.74) is -1.31. The number of amides is 2. The summed E-state index contributed by atoms with van der Waals surface area (Å²) in [4.78, 5) is 34.6. The molecule has 0 aliphatic carbocycles. The first-order valence-corrected chi connectivity index (χ1v) is 8.46. The van der Waals surface area contributed by atoms with Gasteiger partial charge in [-0.05, 0) is 51.5 Å². The Morgan fingerprint density at radius 3 is 2.18 bits per heavy atom.